The Morgan fingerprint density at radius 1 is 1.00 bits per heavy atom. The summed E-state index contributed by atoms with van der Waals surface area (Å²) < 4.78 is 31.5. The highest BCUT2D eigenvalue weighted by atomic mass is 35.5. The maximum atomic E-state index is 13.1. The van der Waals surface area contributed by atoms with Crippen molar-refractivity contribution < 1.29 is 28.2 Å². The number of hydrogen-bond donors (Lipinski definition) is 3. The second kappa shape index (κ2) is 10.5. The summed E-state index contributed by atoms with van der Waals surface area (Å²) in [6.45, 7) is 5.69. The van der Waals surface area contributed by atoms with Gasteiger partial charge in [0.2, 0.25) is 9.84 Å². The molecule has 7 nitrogen and oxygen atoms in total. The molecule has 0 fully saturated rings. The molecule has 192 valence electrons. The van der Waals surface area contributed by atoms with Crippen LogP contribution in [0, 0.1) is 5.41 Å². The Morgan fingerprint density at radius 3 is 2.19 bits per heavy atom. The first-order valence-corrected chi connectivity index (χ1v) is 13.1. The number of benzene rings is 3. The maximum Gasteiger partial charge on any atom is 0.404 e. The third-order valence-electron chi connectivity index (χ3n) is 6.52. The molecular weight excluding hydrogens is 502 g/mol. The van der Waals surface area contributed by atoms with Crippen molar-refractivity contribution in [3.05, 3.63) is 88.9 Å². The summed E-state index contributed by atoms with van der Waals surface area (Å²) in [5, 5.41) is 21.4. The lowest BCUT2D eigenvalue weighted by Crippen LogP contribution is -2.46. The van der Waals surface area contributed by atoms with E-state index in [4.69, 9.17) is 22.1 Å². The summed E-state index contributed by atoms with van der Waals surface area (Å²) in [4.78, 5) is 11.6. The van der Waals surface area contributed by atoms with Crippen molar-refractivity contribution in [1.29, 1.82) is 0 Å². The minimum Gasteiger partial charge on any atom is -0.508 e. The summed E-state index contributed by atoms with van der Waals surface area (Å²) in [5.74, 6) is -0.155. The SMILES string of the molecule is CC(C)(C)C(COC(N)=O)(C[C@@H](O)c1cccc(Cl)c1)c1ccc(S(=O)(=O)c2cccc(O)c2)cc1. The second-order valence-corrected chi connectivity index (χ2v) is 12.1. The van der Waals surface area contributed by atoms with E-state index in [9.17, 15) is 23.4 Å². The van der Waals surface area contributed by atoms with Crippen molar-refractivity contribution in [3.63, 3.8) is 0 Å². The van der Waals surface area contributed by atoms with Crippen LogP contribution < -0.4 is 5.73 Å². The molecule has 9 heteroatoms. The average Bonchev–Trinajstić information content (AvgIpc) is 2.81. The number of ether oxygens (including phenoxy) is 1. The normalized spacial score (nSPS) is 14.6. The molecule has 0 saturated carbocycles. The molecule has 3 aromatic rings. The fourth-order valence-electron chi connectivity index (χ4n) is 4.31. The van der Waals surface area contributed by atoms with Gasteiger partial charge >= 0.3 is 6.09 Å². The van der Waals surface area contributed by atoms with Gasteiger partial charge in [0.1, 0.15) is 12.4 Å². The monoisotopic (exact) mass is 531 g/mol. The molecule has 0 aliphatic carbocycles. The number of aliphatic hydroxyl groups is 1. The molecule has 0 saturated heterocycles. The first kappa shape index (κ1) is 27.5. The number of nitrogens with two attached hydrogens (primary N) is 1. The van der Waals surface area contributed by atoms with Gasteiger partial charge in [-0.25, -0.2) is 13.2 Å². The van der Waals surface area contributed by atoms with Crippen molar-refractivity contribution in [2.45, 2.75) is 48.5 Å². The van der Waals surface area contributed by atoms with Gasteiger partial charge in [0.15, 0.2) is 0 Å². The Morgan fingerprint density at radius 2 is 1.64 bits per heavy atom. The number of phenolic OH excluding ortho intramolecular Hbond substituents is 1. The predicted molar refractivity (Wildman–Crippen MR) is 138 cm³/mol. The molecule has 4 N–H and O–H groups in total. The molecule has 0 spiro atoms. The number of aromatic hydroxyl groups is 1. The van der Waals surface area contributed by atoms with Crippen LogP contribution in [0.3, 0.4) is 0 Å². The zero-order chi connectivity index (χ0) is 26.7. The highest BCUT2D eigenvalue weighted by Gasteiger charge is 2.46. The lowest BCUT2D eigenvalue weighted by atomic mass is 9.60. The molecule has 0 radical (unpaired) electrons. The zero-order valence-corrected chi connectivity index (χ0v) is 21.9. The summed E-state index contributed by atoms with van der Waals surface area (Å²) >= 11 is 6.12. The Kier molecular flexibility index (Phi) is 8.03. The number of sulfone groups is 1. The van der Waals surface area contributed by atoms with Gasteiger partial charge in [-0.3, -0.25) is 0 Å². The van der Waals surface area contributed by atoms with Crippen molar-refractivity contribution >= 4 is 27.5 Å². The van der Waals surface area contributed by atoms with E-state index in [0.717, 1.165) is 0 Å². The predicted octanol–water partition coefficient (Wildman–Crippen LogP) is 5.38. The number of hydrogen-bond acceptors (Lipinski definition) is 6. The lowest BCUT2D eigenvalue weighted by Gasteiger charge is -2.46. The van der Waals surface area contributed by atoms with Crippen LogP contribution >= 0.6 is 11.6 Å². The van der Waals surface area contributed by atoms with Crippen molar-refractivity contribution in [1.82, 2.24) is 0 Å². The van der Waals surface area contributed by atoms with E-state index >= 15 is 0 Å². The Labute approximate surface area is 216 Å². The number of aliphatic hydroxyl groups excluding tert-OH is 1. The van der Waals surface area contributed by atoms with E-state index in [1.165, 1.54) is 36.4 Å². The van der Waals surface area contributed by atoms with Gasteiger partial charge in [-0.05, 0) is 65.4 Å². The topological polar surface area (TPSA) is 127 Å². The van der Waals surface area contributed by atoms with Crippen molar-refractivity contribution in [3.8, 4) is 5.75 Å². The Bertz CT molecular complexity index is 1330. The van der Waals surface area contributed by atoms with Crippen LogP contribution in [0.5, 0.6) is 5.75 Å². The molecule has 3 rings (SSSR count). The largest absolute Gasteiger partial charge is 0.508 e. The maximum absolute atomic E-state index is 13.1. The van der Waals surface area contributed by atoms with Crippen molar-refractivity contribution in [2.24, 2.45) is 11.1 Å². The van der Waals surface area contributed by atoms with Gasteiger partial charge in [-0.1, -0.05) is 62.7 Å². The Balaban J connectivity index is 2.08. The summed E-state index contributed by atoms with van der Waals surface area (Å²) in [7, 11) is -3.89. The van der Waals surface area contributed by atoms with E-state index in [0.29, 0.717) is 16.1 Å². The van der Waals surface area contributed by atoms with Crippen LogP contribution in [0.2, 0.25) is 5.02 Å². The van der Waals surface area contributed by atoms with Gasteiger partial charge in [0.05, 0.1) is 15.9 Å². The van der Waals surface area contributed by atoms with Gasteiger partial charge in [0.25, 0.3) is 0 Å². The number of halogens is 1. The highest BCUT2D eigenvalue weighted by Crippen LogP contribution is 2.48. The first-order chi connectivity index (χ1) is 16.8. The molecule has 1 amide bonds. The molecular formula is C27H30ClNO6S. The molecule has 2 atom stereocenters. The summed E-state index contributed by atoms with van der Waals surface area (Å²) in [6.07, 6.45) is -1.78. The number of primary amides is 1. The average molecular weight is 532 g/mol. The molecule has 36 heavy (non-hydrogen) atoms. The summed E-state index contributed by atoms with van der Waals surface area (Å²) in [5.41, 5.74) is 5.05. The van der Waals surface area contributed by atoms with Crippen LogP contribution in [-0.2, 0) is 20.0 Å². The molecule has 0 aliphatic rings. The van der Waals surface area contributed by atoms with Crippen LogP contribution in [0.15, 0.2) is 82.6 Å². The van der Waals surface area contributed by atoms with Crippen LogP contribution in [-0.4, -0.2) is 31.3 Å². The van der Waals surface area contributed by atoms with Gasteiger partial charge in [-0.15, -0.1) is 0 Å². The van der Waals surface area contributed by atoms with Crippen LogP contribution in [0.4, 0.5) is 4.79 Å². The highest BCUT2D eigenvalue weighted by molar-refractivity contribution is 7.91. The first-order valence-electron chi connectivity index (χ1n) is 11.3. The minimum absolute atomic E-state index is 0.0332. The number of carbonyl (C=O) groups excluding carboxylic acids is 1. The zero-order valence-electron chi connectivity index (χ0n) is 20.3. The standard InChI is InChI=1S/C27H30ClNO6S/c1-26(2,3)27(17-35-25(29)32,16-24(31)18-6-4-7-20(28)14-18)19-10-12-22(13-11-19)36(33,34)23-9-5-8-21(30)15-23/h4-15,24,30-31H,16-17H2,1-3H3,(H2,29,32)/t24-,27?/m1/s1. The van der Waals surface area contributed by atoms with E-state index < -0.39 is 32.9 Å². The van der Waals surface area contributed by atoms with Crippen LogP contribution in [0.1, 0.15) is 44.4 Å². The van der Waals surface area contributed by atoms with Crippen molar-refractivity contribution in [2.75, 3.05) is 6.61 Å². The number of carbonyl (C=O) groups is 1. The van der Waals surface area contributed by atoms with Gasteiger partial charge in [-0.2, -0.15) is 0 Å². The Hall–Kier alpha value is -3.07. The van der Waals surface area contributed by atoms with Gasteiger partial charge < -0.3 is 20.7 Å². The second-order valence-electron chi connectivity index (χ2n) is 9.74. The third kappa shape index (κ3) is 5.83. The fourth-order valence-corrected chi connectivity index (χ4v) is 5.81. The van der Waals surface area contributed by atoms with E-state index in [1.807, 2.05) is 20.8 Å². The molecule has 0 aliphatic heterocycles. The van der Waals surface area contributed by atoms with E-state index in [2.05, 4.69) is 0 Å². The van der Waals surface area contributed by atoms with E-state index in [-0.39, 0.29) is 28.6 Å². The number of rotatable bonds is 8. The molecule has 0 bridgehead atoms. The van der Waals surface area contributed by atoms with Gasteiger partial charge in [0, 0.05) is 10.4 Å². The number of amides is 1. The molecule has 0 heterocycles. The summed E-state index contributed by atoms with van der Waals surface area (Å²) in [6, 6.07) is 18.5. The third-order valence-corrected chi connectivity index (χ3v) is 8.52. The number of phenols is 1. The molecule has 1 unspecified atom stereocenters. The fraction of sp³-hybridized carbons (Fsp3) is 0.296. The lowest BCUT2D eigenvalue weighted by molar-refractivity contribution is 0.0223. The molecule has 0 aromatic heterocycles. The minimum atomic E-state index is -3.89. The quantitative estimate of drug-likeness (QED) is 0.358. The van der Waals surface area contributed by atoms with E-state index in [1.54, 1.807) is 36.4 Å². The van der Waals surface area contributed by atoms with Crippen LogP contribution in [0.25, 0.3) is 0 Å². The molecule has 3 aromatic carbocycles. The smallest absolute Gasteiger partial charge is 0.404 e.